The highest BCUT2D eigenvalue weighted by Crippen LogP contribution is 2.21. The van der Waals surface area contributed by atoms with Crippen molar-refractivity contribution in [3.8, 4) is 0 Å². The Morgan fingerprint density at radius 2 is 2.08 bits per heavy atom. The van der Waals surface area contributed by atoms with E-state index in [4.69, 9.17) is 4.74 Å². The lowest BCUT2D eigenvalue weighted by Crippen LogP contribution is -2.37. The van der Waals surface area contributed by atoms with E-state index in [2.05, 4.69) is 0 Å². The smallest absolute Gasteiger partial charge is 0.210 e. The lowest BCUT2D eigenvalue weighted by molar-refractivity contribution is -0.121. The average Bonchev–Trinajstić information content (AvgIpc) is 2.21. The highest BCUT2D eigenvalue weighted by atomic mass is 16.5. The Morgan fingerprint density at radius 3 is 2.62 bits per heavy atom. The van der Waals surface area contributed by atoms with E-state index < -0.39 is 0 Å². The van der Waals surface area contributed by atoms with Crippen molar-refractivity contribution in [2.24, 2.45) is 0 Å². The topological polar surface area (TPSA) is 29.5 Å². The van der Waals surface area contributed by atoms with Gasteiger partial charge >= 0.3 is 0 Å². The summed E-state index contributed by atoms with van der Waals surface area (Å²) in [5, 5.41) is 0. The van der Waals surface area contributed by atoms with Gasteiger partial charge in [-0.15, -0.1) is 0 Å². The van der Waals surface area contributed by atoms with Crippen LogP contribution < -0.4 is 0 Å². The van der Waals surface area contributed by atoms with E-state index in [0.717, 1.165) is 13.0 Å². The van der Waals surface area contributed by atoms with E-state index in [1.165, 1.54) is 32.1 Å². The fourth-order valence-electron chi connectivity index (χ4n) is 1.93. The molecule has 3 heteroatoms. The Bertz CT molecular complexity index is 144. The Balaban J connectivity index is 2.30. The van der Waals surface area contributed by atoms with Crippen LogP contribution in [-0.2, 0) is 9.53 Å². The van der Waals surface area contributed by atoms with Gasteiger partial charge in [-0.3, -0.25) is 4.79 Å². The molecule has 0 N–H and O–H groups in total. The summed E-state index contributed by atoms with van der Waals surface area (Å²) in [7, 11) is 1.67. The molecule has 0 heterocycles. The minimum absolute atomic E-state index is 0.474. The number of methoxy groups -OCH3 is 1. The van der Waals surface area contributed by atoms with E-state index in [1.807, 2.05) is 4.90 Å². The van der Waals surface area contributed by atoms with Crippen molar-refractivity contribution in [2.75, 3.05) is 20.3 Å². The van der Waals surface area contributed by atoms with Crippen molar-refractivity contribution in [3.05, 3.63) is 0 Å². The molecule has 13 heavy (non-hydrogen) atoms. The predicted octanol–water partition coefficient (Wildman–Crippen LogP) is 1.42. The summed E-state index contributed by atoms with van der Waals surface area (Å²) in [5.74, 6) is 0. The van der Waals surface area contributed by atoms with E-state index in [1.54, 1.807) is 7.11 Å². The second kappa shape index (κ2) is 5.97. The third-order valence-electron chi connectivity index (χ3n) is 2.73. The van der Waals surface area contributed by atoms with Crippen molar-refractivity contribution >= 4 is 6.41 Å². The zero-order valence-corrected chi connectivity index (χ0v) is 8.37. The van der Waals surface area contributed by atoms with E-state index in [-0.39, 0.29) is 0 Å². The molecule has 1 saturated carbocycles. The first-order valence-electron chi connectivity index (χ1n) is 5.08. The fourth-order valence-corrected chi connectivity index (χ4v) is 1.93. The van der Waals surface area contributed by atoms with Gasteiger partial charge in [-0.05, 0) is 12.8 Å². The third-order valence-corrected chi connectivity index (χ3v) is 2.73. The van der Waals surface area contributed by atoms with Crippen LogP contribution in [0.4, 0.5) is 0 Å². The fraction of sp³-hybridized carbons (Fsp3) is 0.900. The van der Waals surface area contributed by atoms with Crippen LogP contribution in [0, 0.1) is 0 Å². The summed E-state index contributed by atoms with van der Waals surface area (Å²) in [6.45, 7) is 1.39. The number of rotatable bonds is 5. The molecule has 0 aromatic carbocycles. The molecule has 0 atom stereocenters. The summed E-state index contributed by atoms with van der Waals surface area (Å²) < 4.78 is 4.96. The van der Waals surface area contributed by atoms with Gasteiger partial charge in [0.25, 0.3) is 0 Å². The van der Waals surface area contributed by atoms with Crippen molar-refractivity contribution in [1.29, 1.82) is 0 Å². The first-order valence-corrected chi connectivity index (χ1v) is 5.08. The Hall–Kier alpha value is -0.570. The largest absolute Gasteiger partial charge is 0.383 e. The van der Waals surface area contributed by atoms with Crippen molar-refractivity contribution in [2.45, 2.75) is 38.1 Å². The number of nitrogens with zero attached hydrogens (tertiary/aromatic N) is 1. The molecule has 0 bridgehead atoms. The van der Waals surface area contributed by atoms with Gasteiger partial charge in [-0.2, -0.15) is 0 Å². The van der Waals surface area contributed by atoms with Gasteiger partial charge in [0.1, 0.15) is 0 Å². The monoisotopic (exact) mass is 185 g/mol. The standard InChI is InChI=1S/C10H19NO2/c1-13-8-7-11(9-12)10-5-3-2-4-6-10/h9-10H,2-8H2,1H3. The molecule has 1 fully saturated rings. The van der Waals surface area contributed by atoms with Gasteiger partial charge in [0.15, 0.2) is 0 Å². The molecule has 0 unspecified atom stereocenters. The number of amides is 1. The van der Waals surface area contributed by atoms with Gasteiger partial charge in [-0.25, -0.2) is 0 Å². The van der Waals surface area contributed by atoms with Crippen LogP contribution in [0.2, 0.25) is 0 Å². The SMILES string of the molecule is COCCN(C=O)C1CCCCC1. The molecule has 76 valence electrons. The second-order valence-electron chi connectivity index (χ2n) is 3.63. The summed E-state index contributed by atoms with van der Waals surface area (Å²) in [5.41, 5.74) is 0. The summed E-state index contributed by atoms with van der Waals surface area (Å²) in [6.07, 6.45) is 7.16. The molecular formula is C10H19NO2. The number of ether oxygens (including phenoxy) is 1. The van der Waals surface area contributed by atoms with Crippen LogP contribution in [0.25, 0.3) is 0 Å². The van der Waals surface area contributed by atoms with Crippen LogP contribution in [0.15, 0.2) is 0 Å². The molecule has 1 rings (SSSR count). The maximum absolute atomic E-state index is 10.8. The molecule has 1 aliphatic carbocycles. The van der Waals surface area contributed by atoms with Gasteiger partial charge < -0.3 is 9.64 Å². The predicted molar refractivity (Wildman–Crippen MR) is 51.5 cm³/mol. The van der Waals surface area contributed by atoms with Gasteiger partial charge in [-0.1, -0.05) is 19.3 Å². The van der Waals surface area contributed by atoms with E-state index >= 15 is 0 Å². The zero-order chi connectivity index (χ0) is 9.52. The number of hydrogen-bond acceptors (Lipinski definition) is 2. The third kappa shape index (κ3) is 3.35. The number of hydrogen-bond donors (Lipinski definition) is 0. The molecule has 1 amide bonds. The van der Waals surface area contributed by atoms with Gasteiger partial charge in [0, 0.05) is 19.7 Å². The highest BCUT2D eigenvalue weighted by molar-refractivity contribution is 5.47. The molecular weight excluding hydrogens is 166 g/mol. The Kier molecular flexibility index (Phi) is 4.83. The highest BCUT2D eigenvalue weighted by Gasteiger charge is 2.18. The molecule has 1 aliphatic rings. The average molecular weight is 185 g/mol. The van der Waals surface area contributed by atoms with Crippen molar-refractivity contribution < 1.29 is 9.53 Å². The lowest BCUT2D eigenvalue weighted by atomic mass is 9.94. The molecule has 0 saturated heterocycles. The van der Waals surface area contributed by atoms with Crippen LogP contribution >= 0.6 is 0 Å². The second-order valence-corrected chi connectivity index (χ2v) is 3.63. The first-order chi connectivity index (χ1) is 6.38. The summed E-state index contributed by atoms with van der Waals surface area (Å²) >= 11 is 0. The van der Waals surface area contributed by atoms with E-state index in [9.17, 15) is 4.79 Å². The van der Waals surface area contributed by atoms with Gasteiger partial charge in [0.05, 0.1) is 6.61 Å². The number of carbonyl (C=O) groups is 1. The molecule has 3 nitrogen and oxygen atoms in total. The van der Waals surface area contributed by atoms with Crippen LogP contribution in [-0.4, -0.2) is 37.6 Å². The first kappa shape index (κ1) is 10.5. The lowest BCUT2D eigenvalue weighted by Gasteiger charge is -2.31. The van der Waals surface area contributed by atoms with E-state index in [0.29, 0.717) is 12.6 Å². The van der Waals surface area contributed by atoms with Crippen molar-refractivity contribution in [3.63, 3.8) is 0 Å². The van der Waals surface area contributed by atoms with Crippen LogP contribution in [0.3, 0.4) is 0 Å². The van der Waals surface area contributed by atoms with Gasteiger partial charge in [0.2, 0.25) is 6.41 Å². The van der Waals surface area contributed by atoms with Crippen LogP contribution in [0.1, 0.15) is 32.1 Å². The maximum Gasteiger partial charge on any atom is 0.210 e. The Morgan fingerprint density at radius 1 is 1.38 bits per heavy atom. The number of carbonyl (C=O) groups excluding carboxylic acids is 1. The molecule has 0 aromatic heterocycles. The summed E-state index contributed by atoms with van der Waals surface area (Å²) in [4.78, 5) is 12.7. The maximum atomic E-state index is 10.8. The Labute approximate surface area is 80.1 Å². The summed E-state index contributed by atoms with van der Waals surface area (Å²) in [6, 6.07) is 0.474. The minimum Gasteiger partial charge on any atom is -0.383 e. The molecule has 0 aliphatic heterocycles. The quantitative estimate of drug-likeness (QED) is 0.606. The molecule has 0 aromatic rings. The van der Waals surface area contributed by atoms with Crippen molar-refractivity contribution in [1.82, 2.24) is 4.90 Å². The van der Waals surface area contributed by atoms with Crippen LogP contribution in [0.5, 0.6) is 0 Å². The molecule has 0 spiro atoms. The normalized spacial score (nSPS) is 18.5. The minimum atomic E-state index is 0.474. The molecule has 0 radical (unpaired) electrons. The zero-order valence-electron chi connectivity index (χ0n) is 8.37.